The average Bonchev–Trinajstić information content (AvgIpc) is 3.00. The molecule has 0 aliphatic rings. The molecule has 0 spiro atoms. The number of para-hydroxylation sites is 1. The van der Waals surface area contributed by atoms with E-state index in [1.54, 1.807) is 66.7 Å². The molecule has 214 valence electrons. The lowest BCUT2D eigenvalue weighted by Gasteiger charge is -2.20. The van der Waals surface area contributed by atoms with Gasteiger partial charge in [0.15, 0.2) is 0 Å². The van der Waals surface area contributed by atoms with E-state index in [1.165, 1.54) is 37.4 Å². The number of hydrazine groups is 1. The molecule has 0 aliphatic carbocycles. The lowest BCUT2D eigenvalue weighted by atomic mass is 10.0. The summed E-state index contributed by atoms with van der Waals surface area (Å²) in [6.45, 7) is 0. The molecule has 1 atom stereocenters. The molecule has 0 unspecified atom stereocenters. The average molecular weight is 587 g/mol. The molecule has 0 aromatic heterocycles. The normalized spacial score (nSPS) is 11.1. The van der Waals surface area contributed by atoms with E-state index in [0.29, 0.717) is 16.9 Å². The summed E-state index contributed by atoms with van der Waals surface area (Å²) in [7, 11) is 1.52. The maximum absolute atomic E-state index is 13.4. The van der Waals surface area contributed by atoms with E-state index in [9.17, 15) is 24.3 Å². The molecule has 42 heavy (non-hydrogen) atoms. The smallest absolute Gasteiger partial charge is 0.271 e. The number of phenolic OH excluding ortho intramolecular Hbond substituents is 1. The van der Waals surface area contributed by atoms with E-state index in [2.05, 4.69) is 21.5 Å². The van der Waals surface area contributed by atoms with Gasteiger partial charge in [-0.25, -0.2) is 0 Å². The number of aromatic hydroxyl groups is 1. The Balaban J connectivity index is 1.51. The van der Waals surface area contributed by atoms with Gasteiger partial charge in [-0.15, -0.1) is 0 Å². The number of hydrogen-bond donors (Lipinski definition) is 5. The van der Waals surface area contributed by atoms with Gasteiger partial charge in [0.2, 0.25) is 0 Å². The second-order valence-corrected chi connectivity index (χ2v) is 9.46. The molecule has 0 fully saturated rings. The summed E-state index contributed by atoms with van der Waals surface area (Å²) in [6, 6.07) is 24.1. The second kappa shape index (κ2) is 13.8. The van der Waals surface area contributed by atoms with Gasteiger partial charge in [-0.1, -0.05) is 48.0 Å². The predicted molar refractivity (Wildman–Crippen MR) is 158 cm³/mol. The second-order valence-electron chi connectivity index (χ2n) is 9.05. The number of anilines is 1. The SMILES string of the molecule is COc1ccc(C(=O)Nc2ccccc2C(=O)N[C@H](Cc2ccc(O)cc2)C(=O)NNC(=O)c2ccccc2Cl)cc1. The van der Waals surface area contributed by atoms with E-state index in [0.717, 1.165) is 0 Å². The maximum Gasteiger partial charge on any atom is 0.271 e. The summed E-state index contributed by atoms with van der Waals surface area (Å²) in [6.07, 6.45) is 0.0280. The van der Waals surface area contributed by atoms with Crippen molar-refractivity contribution in [1.29, 1.82) is 0 Å². The summed E-state index contributed by atoms with van der Waals surface area (Å²) in [4.78, 5) is 52.0. The molecule has 0 heterocycles. The molecular formula is C31H27ClN4O6. The quantitative estimate of drug-likeness (QED) is 0.187. The Morgan fingerprint density at radius 3 is 2.07 bits per heavy atom. The first-order chi connectivity index (χ1) is 20.2. The van der Waals surface area contributed by atoms with Crippen molar-refractivity contribution in [3.63, 3.8) is 0 Å². The highest BCUT2D eigenvalue weighted by Crippen LogP contribution is 2.19. The van der Waals surface area contributed by atoms with Crippen LogP contribution in [0, 0.1) is 0 Å². The largest absolute Gasteiger partial charge is 0.508 e. The number of nitrogens with one attached hydrogen (secondary N) is 4. The van der Waals surface area contributed by atoms with Gasteiger partial charge in [-0.3, -0.25) is 30.0 Å². The Hall–Kier alpha value is -5.35. The van der Waals surface area contributed by atoms with Crippen molar-refractivity contribution in [2.75, 3.05) is 12.4 Å². The number of methoxy groups -OCH3 is 1. The highest BCUT2D eigenvalue weighted by molar-refractivity contribution is 6.33. The molecule has 10 nitrogen and oxygen atoms in total. The van der Waals surface area contributed by atoms with Crippen LogP contribution < -0.4 is 26.2 Å². The van der Waals surface area contributed by atoms with Gasteiger partial charge in [0.05, 0.1) is 28.9 Å². The fourth-order valence-electron chi connectivity index (χ4n) is 3.96. The zero-order valence-corrected chi connectivity index (χ0v) is 23.1. The third-order valence-electron chi connectivity index (χ3n) is 6.19. The van der Waals surface area contributed by atoms with Gasteiger partial charge in [0, 0.05) is 12.0 Å². The first-order valence-electron chi connectivity index (χ1n) is 12.7. The molecule has 4 amide bonds. The minimum absolute atomic E-state index is 0.0280. The molecule has 0 bridgehead atoms. The predicted octanol–water partition coefficient (Wildman–Crippen LogP) is 4.11. The van der Waals surface area contributed by atoms with Crippen LogP contribution in [0.5, 0.6) is 11.5 Å². The van der Waals surface area contributed by atoms with E-state index >= 15 is 0 Å². The van der Waals surface area contributed by atoms with Gasteiger partial charge in [-0.2, -0.15) is 0 Å². The first kappa shape index (κ1) is 29.6. The van der Waals surface area contributed by atoms with Crippen molar-refractivity contribution in [2.24, 2.45) is 0 Å². The van der Waals surface area contributed by atoms with Crippen LogP contribution in [0.3, 0.4) is 0 Å². The number of carbonyl (C=O) groups excluding carboxylic acids is 4. The van der Waals surface area contributed by atoms with Crippen LogP contribution in [0.2, 0.25) is 5.02 Å². The Bertz CT molecular complexity index is 1590. The van der Waals surface area contributed by atoms with Crippen LogP contribution in [0.25, 0.3) is 0 Å². The zero-order valence-electron chi connectivity index (χ0n) is 22.4. The number of halogens is 1. The molecule has 0 radical (unpaired) electrons. The molecule has 4 aromatic rings. The molecule has 0 aliphatic heterocycles. The van der Waals surface area contributed by atoms with Gasteiger partial charge in [-0.05, 0) is 66.2 Å². The van der Waals surface area contributed by atoms with Crippen LogP contribution in [0.4, 0.5) is 5.69 Å². The van der Waals surface area contributed by atoms with Crippen LogP contribution in [0.1, 0.15) is 36.6 Å². The molecular weight excluding hydrogens is 560 g/mol. The first-order valence-corrected chi connectivity index (χ1v) is 13.1. The molecule has 0 saturated carbocycles. The summed E-state index contributed by atoms with van der Waals surface area (Å²) in [5.74, 6) is -1.81. The monoisotopic (exact) mass is 586 g/mol. The standard InChI is InChI=1S/C31H27ClN4O6/c1-42-22-16-12-20(13-17-22)28(38)33-26-9-5-3-7-24(26)29(39)34-27(18-19-10-14-21(37)15-11-19)31(41)36-35-30(40)23-6-2-4-8-25(23)32/h2-17,27,37H,18H2,1H3,(H,33,38)(H,34,39)(H,35,40)(H,36,41)/t27-/m1/s1. The molecule has 4 aromatic carbocycles. The van der Waals surface area contributed by atoms with E-state index < -0.39 is 29.7 Å². The van der Waals surface area contributed by atoms with E-state index in [4.69, 9.17) is 16.3 Å². The number of hydrogen-bond acceptors (Lipinski definition) is 6. The Morgan fingerprint density at radius 1 is 0.762 bits per heavy atom. The Morgan fingerprint density at radius 2 is 1.40 bits per heavy atom. The minimum atomic E-state index is -1.15. The fraction of sp³-hybridized carbons (Fsp3) is 0.0968. The third kappa shape index (κ3) is 7.64. The van der Waals surface area contributed by atoms with Crippen LogP contribution in [0.15, 0.2) is 97.1 Å². The molecule has 4 rings (SSSR count). The summed E-state index contributed by atoms with van der Waals surface area (Å²) in [5.41, 5.74) is 6.12. The number of benzene rings is 4. The highest BCUT2D eigenvalue weighted by atomic mass is 35.5. The maximum atomic E-state index is 13.4. The van der Waals surface area contributed by atoms with Crippen molar-refractivity contribution in [3.05, 3.63) is 124 Å². The number of carbonyl (C=O) groups is 4. The van der Waals surface area contributed by atoms with Gasteiger partial charge in [0.25, 0.3) is 23.6 Å². The Labute approximate surface area is 246 Å². The van der Waals surface area contributed by atoms with Crippen LogP contribution in [-0.2, 0) is 11.2 Å². The van der Waals surface area contributed by atoms with Crippen LogP contribution >= 0.6 is 11.6 Å². The molecule has 5 N–H and O–H groups in total. The van der Waals surface area contributed by atoms with E-state index in [-0.39, 0.29) is 34.0 Å². The number of rotatable bonds is 9. The zero-order chi connectivity index (χ0) is 30.1. The lowest BCUT2D eigenvalue weighted by molar-refractivity contribution is -0.123. The number of ether oxygens (including phenoxy) is 1. The molecule has 11 heteroatoms. The number of phenols is 1. The highest BCUT2D eigenvalue weighted by Gasteiger charge is 2.24. The van der Waals surface area contributed by atoms with Gasteiger partial charge < -0.3 is 20.5 Å². The van der Waals surface area contributed by atoms with Crippen molar-refractivity contribution in [2.45, 2.75) is 12.5 Å². The van der Waals surface area contributed by atoms with Crippen LogP contribution in [-0.4, -0.2) is 41.9 Å². The Kier molecular flexibility index (Phi) is 9.75. The minimum Gasteiger partial charge on any atom is -0.508 e. The lowest BCUT2D eigenvalue weighted by Crippen LogP contribution is -2.53. The fourth-order valence-corrected chi connectivity index (χ4v) is 4.18. The molecule has 0 saturated heterocycles. The summed E-state index contributed by atoms with van der Waals surface area (Å²) >= 11 is 6.07. The third-order valence-corrected chi connectivity index (χ3v) is 6.52. The number of amides is 4. The van der Waals surface area contributed by atoms with Crippen molar-refractivity contribution in [3.8, 4) is 11.5 Å². The topological polar surface area (TPSA) is 146 Å². The van der Waals surface area contributed by atoms with Crippen molar-refractivity contribution < 1.29 is 29.0 Å². The summed E-state index contributed by atoms with van der Waals surface area (Å²) < 4.78 is 5.12. The van der Waals surface area contributed by atoms with E-state index in [1.807, 2.05) is 0 Å². The summed E-state index contributed by atoms with van der Waals surface area (Å²) in [5, 5.41) is 15.2. The van der Waals surface area contributed by atoms with Gasteiger partial charge in [0.1, 0.15) is 17.5 Å². The van der Waals surface area contributed by atoms with Gasteiger partial charge >= 0.3 is 0 Å². The van der Waals surface area contributed by atoms with Crippen molar-refractivity contribution in [1.82, 2.24) is 16.2 Å². The van der Waals surface area contributed by atoms with Crippen molar-refractivity contribution >= 4 is 40.9 Å².